The Bertz CT molecular complexity index is 1030. The molecule has 0 aromatic carbocycles. The minimum atomic E-state index is -0.317. The molecule has 0 saturated heterocycles. The van der Waals surface area contributed by atoms with Crippen molar-refractivity contribution in [2.45, 2.75) is 59.5 Å². The topological polar surface area (TPSA) is 89.9 Å². The van der Waals surface area contributed by atoms with Crippen molar-refractivity contribution < 1.29 is 14.3 Å². The Labute approximate surface area is 177 Å². The maximum absolute atomic E-state index is 12.3. The average Bonchev–Trinajstić information content (AvgIpc) is 3.42. The number of carbonyl (C=O) groups excluding carboxylic acids is 2. The molecule has 1 atom stereocenters. The van der Waals surface area contributed by atoms with E-state index in [0.717, 1.165) is 24.1 Å². The summed E-state index contributed by atoms with van der Waals surface area (Å²) < 4.78 is 7.96. The standard InChI is InChI=1S/C23H30N4O3/c1-6-20(9-14(2)24)30-16(4)21-13-26-12-19(18-7-8-18)10-22(23(26)25-21)27(17(5)29)11-15(3)28/h6,9-10,12-13,16,18H,7-8,11,24H2,1-5H3/b14-9+,20-6+. The van der Waals surface area contributed by atoms with E-state index >= 15 is 0 Å². The molecule has 2 aromatic rings. The molecule has 30 heavy (non-hydrogen) atoms. The summed E-state index contributed by atoms with van der Waals surface area (Å²) >= 11 is 0. The van der Waals surface area contributed by atoms with Crippen molar-refractivity contribution in [3.05, 3.63) is 53.3 Å². The number of amides is 1. The van der Waals surface area contributed by atoms with Gasteiger partial charge in [-0.05, 0) is 70.2 Å². The zero-order valence-electron chi connectivity index (χ0n) is 18.3. The third-order valence-electron chi connectivity index (χ3n) is 5.06. The summed E-state index contributed by atoms with van der Waals surface area (Å²) in [7, 11) is 0. The van der Waals surface area contributed by atoms with Crippen LogP contribution in [0.15, 0.2) is 42.1 Å². The smallest absolute Gasteiger partial charge is 0.224 e. The number of fused-ring (bicyclic) bond motifs is 1. The van der Waals surface area contributed by atoms with Crippen LogP contribution in [0, 0.1) is 0 Å². The van der Waals surface area contributed by atoms with Gasteiger partial charge in [0.05, 0.1) is 17.9 Å². The van der Waals surface area contributed by atoms with E-state index in [4.69, 9.17) is 15.5 Å². The van der Waals surface area contributed by atoms with Crippen molar-refractivity contribution in [3.8, 4) is 0 Å². The molecule has 2 heterocycles. The van der Waals surface area contributed by atoms with Gasteiger partial charge in [0.1, 0.15) is 17.6 Å². The molecule has 0 spiro atoms. The summed E-state index contributed by atoms with van der Waals surface area (Å²) in [5.41, 5.74) is 9.61. The monoisotopic (exact) mass is 410 g/mol. The molecule has 1 aliphatic carbocycles. The van der Waals surface area contributed by atoms with Crippen LogP contribution in [0.25, 0.3) is 5.65 Å². The van der Waals surface area contributed by atoms with Crippen molar-refractivity contribution in [3.63, 3.8) is 0 Å². The van der Waals surface area contributed by atoms with Gasteiger partial charge in [-0.15, -0.1) is 0 Å². The van der Waals surface area contributed by atoms with Gasteiger partial charge in [0.2, 0.25) is 5.91 Å². The first-order valence-corrected chi connectivity index (χ1v) is 10.3. The fourth-order valence-electron chi connectivity index (χ4n) is 3.42. The Morgan fingerprint density at radius 1 is 1.33 bits per heavy atom. The summed E-state index contributed by atoms with van der Waals surface area (Å²) in [4.78, 5) is 30.4. The number of pyridine rings is 1. The number of allylic oxidation sites excluding steroid dienone is 3. The van der Waals surface area contributed by atoms with Gasteiger partial charge >= 0.3 is 0 Å². The lowest BCUT2D eigenvalue weighted by Gasteiger charge is -2.21. The summed E-state index contributed by atoms with van der Waals surface area (Å²) in [6.07, 6.45) is 9.56. The molecule has 1 unspecified atom stereocenters. The maximum atomic E-state index is 12.3. The van der Waals surface area contributed by atoms with E-state index in [-0.39, 0.29) is 24.3 Å². The normalized spacial score (nSPS) is 15.9. The van der Waals surface area contributed by atoms with Crippen LogP contribution < -0.4 is 10.6 Å². The van der Waals surface area contributed by atoms with Gasteiger partial charge < -0.3 is 19.8 Å². The molecule has 7 nitrogen and oxygen atoms in total. The van der Waals surface area contributed by atoms with Crippen molar-refractivity contribution in [1.29, 1.82) is 0 Å². The van der Waals surface area contributed by atoms with E-state index < -0.39 is 0 Å². The quantitative estimate of drug-likeness (QED) is 0.525. The van der Waals surface area contributed by atoms with Crippen LogP contribution in [0.5, 0.6) is 0 Å². The number of rotatable bonds is 8. The maximum Gasteiger partial charge on any atom is 0.224 e. The lowest BCUT2D eigenvalue weighted by molar-refractivity contribution is -0.120. The van der Waals surface area contributed by atoms with E-state index in [1.807, 2.05) is 36.6 Å². The van der Waals surface area contributed by atoms with Gasteiger partial charge in [-0.25, -0.2) is 4.98 Å². The summed E-state index contributed by atoms with van der Waals surface area (Å²) in [6, 6.07) is 2.00. The van der Waals surface area contributed by atoms with Gasteiger partial charge in [-0.3, -0.25) is 9.59 Å². The van der Waals surface area contributed by atoms with Gasteiger partial charge in [-0.2, -0.15) is 0 Å². The van der Waals surface area contributed by atoms with Crippen molar-refractivity contribution >= 4 is 23.0 Å². The van der Waals surface area contributed by atoms with E-state index in [1.165, 1.54) is 18.7 Å². The second-order valence-electron chi connectivity index (χ2n) is 7.98. The SMILES string of the molecule is C/C=C(\C=C(/C)N)OC(C)c1cn2cc(C3CC3)cc(N(CC(C)=O)C(C)=O)c2n1. The number of ketones is 1. The number of nitrogens with two attached hydrogens (primary N) is 1. The molecule has 3 rings (SSSR count). The molecule has 2 aromatic heterocycles. The first-order valence-electron chi connectivity index (χ1n) is 10.3. The Balaban J connectivity index is 2.04. The van der Waals surface area contributed by atoms with Crippen molar-refractivity contribution in [1.82, 2.24) is 9.38 Å². The number of carbonyl (C=O) groups is 2. The minimum absolute atomic E-state index is 0.0245. The Kier molecular flexibility index (Phi) is 6.29. The number of hydrogen-bond acceptors (Lipinski definition) is 5. The van der Waals surface area contributed by atoms with Crippen molar-refractivity contribution in [2.75, 3.05) is 11.4 Å². The molecule has 1 saturated carbocycles. The molecule has 2 N–H and O–H groups in total. The number of nitrogens with zero attached hydrogens (tertiary/aromatic N) is 3. The fraction of sp³-hybridized carbons (Fsp3) is 0.435. The third kappa shape index (κ3) is 4.90. The predicted molar refractivity (Wildman–Crippen MR) is 117 cm³/mol. The number of ether oxygens (including phenoxy) is 1. The highest BCUT2D eigenvalue weighted by Crippen LogP contribution is 2.42. The van der Waals surface area contributed by atoms with E-state index in [0.29, 0.717) is 28.7 Å². The second kappa shape index (κ2) is 8.73. The molecule has 0 radical (unpaired) electrons. The number of aromatic nitrogens is 2. The fourth-order valence-corrected chi connectivity index (χ4v) is 3.42. The molecular weight excluding hydrogens is 380 g/mol. The lowest BCUT2D eigenvalue weighted by atomic mass is 10.1. The Hall–Kier alpha value is -3.09. The predicted octanol–water partition coefficient (Wildman–Crippen LogP) is 4.00. The Morgan fingerprint density at radius 3 is 2.57 bits per heavy atom. The largest absolute Gasteiger partial charge is 0.485 e. The van der Waals surface area contributed by atoms with Crippen LogP contribution in [-0.2, 0) is 14.3 Å². The van der Waals surface area contributed by atoms with E-state index in [9.17, 15) is 9.59 Å². The highest BCUT2D eigenvalue weighted by atomic mass is 16.5. The van der Waals surface area contributed by atoms with E-state index in [1.54, 1.807) is 13.0 Å². The number of imidazole rings is 1. The molecule has 1 aliphatic rings. The van der Waals surface area contributed by atoms with Crippen LogP contribution in [0.4, 0.5) is 5.69 Å². The third-order valence-corrected chi connectivity index (χ3v) is 5.06. The highest BCUT2D eigenvalue weighted by molar-refractivity contribution is 6.00. The molecule has 0 aliphatic heterocycles. The van der Waals surface area contributed by atoms with Crippen LogP contribution in [0.3, 0.4) is 0 Å². The summed E-state index contributed by atoms with van der Waals surface area (Å²) in [6.45, 7) is 8.59. The number of anilines is 1. The summed E-state index contributed by atoms with van der Waals surface area (Å²) in [5.74, 6) is 0.894. The van der Waals surface area contributed by atoms with Gasteiger partial charge in [-0.1, -0.05) is 0 Å². The first-order chi connectivity index (χ1) is 14.2. The minimum Gasteiger partial charge on any atom is -0.485 e. The van der Waals surface area contributed by atoms with E-state index in [2.05, 4.69) is 6.20 Å². The molecule has 160 valence electrons. The second-order valence-corrected chi connectivity index (χ2v) is 7.98. The molecule has 7 heteroatoms. The van der Waals surface area contributed by atoms with Crippen LogP contribution in [0.2, 0.25) is 0 Å². The van der Waals surface area contributed by atoms with Gasteiger partial charge in [0.25, 0.3) is 0 Å². The Morgan fingerprint density at radius 2 is 2.03 bits per heavy atom. The highest BCUT2D eigenvalue weighted by Gasteiger charge is 2.27. The number of Topliss-reactive ketones (excluding diaryl/α,β-unsaturated/α-hetero) is 1. The number of hydrogen-bond donors (Lipinski definition) is 1. The molecule has 0 bridgehead atoms. The van der Waals surface area contributed by atoms with Crippen molar-refractivity contribution in [2.24, 2.45) is 5.73 Å². The van der Waals surface area contributed by atoms with Crippen LogP contribution >= 0.6 is 0 Å². The van der Waals surface area contributed by atoms with Crippen LogP contribution in [0.1, 0.15) is 70.7 Å². The zero-order chi connectivity index (χ0) is 22.0. The zero-order valence-corrected chi connectivity index (χ0v) is 18.3. The molecule has 1 amide bonds. The molecular formula is C23H30N4O3. The first kappa shape index (κ1) is 21.6. The van der Waals surface area contributed by atoms with Gasteiger partial charge in [0, 0.05) is 25.0 Å². The van der Waals surface area contributed by atoms with Gasteiger partial charge in [0.15, 0.2) is 5.65 Å². The molecule has 1 fully saturated rings. The average molecular weight is 411 g/mol. The lowest BCUT2D eigenvalue weighted by Crippen LogP contribution is -2.33. The van der Waals surface area contributed by atoms with Crippen LogP contribution in [-0.4, -0.2) is 27.6 Å². The summed E-state index contributed by atoms with van der Waals surface area (Å²) in [5, 5.41) is 0.